The highest BCUT2D eigenvalue weighted by molar-refractivity contribution is 6.07. The predicted molar refractivity (Wildman–Crippen MR) is 187 cm³/mol. The van der Waals surface area contributed by atoms with Crippen LogP contribution in [0, 0.1) is 0 Å². The highest BCUT2D eigenvalue weighted by Crippen LogP contribution is 2.27. The number of piperidine rings is 1. The number of aromatic nitrogens is 2. The van der Waals surface area contributed by atoms with Crippen molar-refractivity contribution >= 4 is 51.9 Å². The first kappa shape index (κ1) is 34.2. The number of methoxy groups -OCH3 is 1. The minimum atomic E-state index is -0.562. The van der Waals surface area contributed by atoms with Gasteiger partial charge in [0, 0.05) is 61.3 Å². The number of likely N-dealkylation sites (tertiary alicyclic amines) is 1. The van der Waals surface area contributed by atoms with E-state index in [2.05, 4.69) is 15.6 Å². The number of fused-ring (bicyclic) bond motifs is 3. The van der Waals surface area contributed by atoms with Crippen molar-refractivity contribution < 1.29 is 28.7 Å². The Kier molecular flexibility index (Phi) is 10.4. The van der Waals surface area contributed by atoms with Gasteiger partial charge in [0.2, 0.25) is 17.7 Å². The second kappa shape index (κ2) is 15.2. The maximum Gasteiger partial charge on any atom is 0.251 e. The van der Waals surface area contributed by atoms with Gasteiger partial charge in [-0.2, -0.15) is 0 Å². The van der Waals surface area contributed by atoms with Crippen molar-refractivity contribution in [3.8, 4) is 0 Å². The first-order chi connectivity index (χ1) is 24.3. The van der Waals surface area contributed by atoms with E-state index in [1.54, 1.807) is 36.3 Å². The van der Waals surface area contributed by atoms with Gasteiger partial charge >= 0.3 is 0 Å². The van der Waals surface area contributed by atoms with Crippen molar-refractivity contribution in [3.05, 3.63) is 113 Å². The standard InChI is InChI=1S/C38H38N6O6/c1-42(33-15-16-35(47)44(24-50-2)38(33)49)21-29-18-27(13-14-28(29)23-45)37(48)41-20-26-11-9-25(10-12-26)19-40-34(46)22-43-32-8-4-3-6-30(32)31-7-5-17-39-36(31)43/h3-14,17-18,23,33H,15-16,19-22,24H2,1-2H3,(H,40,46)(H,41,48). The van der Waals surface area contributed by atoms with E-state index >= 15 is 0 Å². The molecule has 0 saturated carbocycles. The van der Waals surface area contributed by atoms with Crippen LogP contribution in [-0.2, 0) is 45.3 Å². The van der Waals surface area contributed by atoms with E-state index in [0.29, 0.717) is 29.7 Å². The van der Waals surface area contributed by atoms with E-state index in [0.717, 1.165) is 44.2 Å². The number of carbonyl (C=O) groups excluding carboxylic acids is 5. The lowest BCUT2D eigenvalue weighted by atomic mass is 10.00. The molecule has 1 unspecified atom stereocenters. The van der Waals surface area contributed by atoms with E-state index in [1.165, 1.54) is 7.11 Å². The van der Waals surface area contributed by atoms with Crippen LogP contribution in [0.1, 0.15) is 50.2 Å². The van der Waals surface area contributed by atoms with Crippen LogP contribution in [0.2, 0.25) is 0 Å². The summed E-state index contributed by atoms with van der Waals surface area (Å²) in [6.07, 6.45) is 3.02. The number of likely N-dealkylation sites (N-methyl/N-ethyl adjacent to an activating group) is 1. The Hall–Kier alpha value is -5.72. The number of imide groups is 1. The van der Waals surface area contributed by atoms with E-state index in [1.807, 2.05) is 65.2 Å². The van der Waals surface area contributed by atoms with Crippen LogP contribution in [0.25, 0.3) is 21.9 Å². The molecule has 3 heterocycles. The molecule has 1 saturated heterocycles. The summed E-state index contributed by atoms with van der Waals surface area (Å²) in [6, 6.07) is 23.7. The molecular weight excluding hydrogens is 636 g/mol. The van der Waals surface area contributed by atoms with Gasteiger partial charge in [0.05, 0.1) is 11.6 Å². The normalized spacial score (nSPS) is 14.8. The number of amides is 4. The van der Waals surface area contributed by atoms with E-state index < -0.39 is 6.04 Å². The second-order valence-corrected chi connectivity index (χ2v) is 12.3. The van der Waals surface area contributed by atoms with Gasteiger partial charge in [-0.05, 0) is 60.5 Å². The van der Waals surface area contributed by atoms with Crippen molar-refractivity contribution in [1.29, 1.82) is 0 Å². The summed E-state index contributed by atoms with van der Waals surface area (Å²) in [7, 11) is 3.18. The van der Waals surface area contributed by atoms with Crippen molar-refractivity contribution in [1.82, 2.24) is 30.0 Å². The fraction of sp³-hybridized carbons (Fsp3) is 0.263. The molecule has 5 aromatic rings. The van der Waals surface area contributed by atoms with Gasteiger partial charge in [0.15, 0.2) is 0 Å². The maximum absolute atomic E-state index is 13.1. The van der Waals surface area contributed by atoms with Crippen LogP contribution in [0.3, 0.4) is 0 Å². The molecular formula is C38H38N6O6. The number of aldehydes is 1. The molecule has 3 aromatic carbocycles. The molecule has 12 nitrogen and oxygen atoms in total. The first-order valence-corrected chi connectivity index (χ1v) is 16.3. The third kappa shape index (κ3) is 7.31. The molecule has 1 atom stereocenters. The molecule has 1 fully saturated rings. The van der Waals surface area contributed by atoms with Crippen molar-refractivity contribution in [3.63, 3.8) is 0 Å². The second-order valence-electron chi connectivity index (χ2n) is 12.3. The van der Waals surface area contributed by atoms with Gasteiger partial charge in [-0.25, -0.2) is 4.98 Å². The van der Waals surface area contributed by atoms with E-state index in [9.17, 15) is 24.0 Å². The summed E-state index contributed by atoms with van der Waals surface area (Å²) in [4.78, 5) is 70.4. The summed E-state index contributed by atoms with van der Waals surface area (Å²) >= 11 is 0. The molecule has 256 valence electrons. The van der Waals surface area contributed by atoms with Gasteiger partial charge in [0.1, 0.15) is 25.2 Å². The number of carbonyl (C=O) groups is 5. The number of hydrogen-bond donors (Lipinski definition) is 2. The van der Waals surface area contributed by atoms with Crippen LogP contribution < -0.4 is 10.6 Å². The quantitative estimate of drug-likeness (QED) is 0.142. The first-order valence-electron chi connectivity index (χ1n) is 16.3. The number of nitrogens with one attached hydrogen (secondary N) is 2. The zero-order chi connectivity index (χ0) is 35.2. The molecule has 4 amide bonds. The number of benzene rings is 3. The van der Waals surface area contributed by atoms with E-state index in [4.69, 9.17) is 4.74 Å². The molecule has 50 heavy (non-hydrogen) atoms. The topological polar surface area (TPSA) is 143 Å². The SMILES string of the molecule is COCN1C(=O)CCC(N(C)Cc2cc(C(=O)NCc3ccc(CNC(=O)Cn4c5ccccc5c5cccnc54)cc3)ccc2C=O)C1=O. The highest BCUT2D eigenvalue weighted by Gasteiger charge is 2.36. The minimum Gasteiger partial charge on any atom is -0.364 e. The molecule has 1 aliphatic rings. The Morgan fingerprint density at radius 2 is 1.68 bits per heavy atom. The molecule has 6 rings (SSSR count). The summed E-state index contributed by atoms with van der Waals surface area (Å²) in [5, 5.41) is 7.97. The lowest BCUT2D eigenvalue weighted by Gasteiger charge is -2.35. The number of ether oxygens (including phenoxy) is 1. The Morgan fingerprint density at radius 3 is 2.42 bits per heavy atom. The Bertz CT molecular complexity index is 2020. The average Bonchev–Trinajstić information content (AvgIpc) is 3.44. The molecule has 0 spiro atoms. The number of nitrogens with zero attached hydrogens (tertiary/aromatic N) is 4. The predicted octanol–water partition coefficient (Wildman–Crippen LogP) is 3.80. The molecule has 1 aliphatic heterocycles. The minimum absolute atomic E-state index is 0.112. The molecule has 0 aliphatic carbocycles. The summed E-state index contributed by atoms with van der Waals surface area (Å²) in [5.74, 6) is -1.07. The van der Waals surface area contributed by atoms with Gasteiger partial charge in [0.25, 0.3) is 5.91 Å². The fourth-order valence-corrected chi connectivity index (χ4v) is 6.37. The number of hydrogen-bond acceptors (Lipinski definition) is 8. The smallest absolute Gasteiger partial charge is 0.251 e. The molecule has 2 aromatic heterocycles. The molecule has 12 heteroatoms. The van der Waals surface area contributed by atoms with Crippen molar-refractivity contribution in [2.45, 2.75) is 45.1 Å². The van der Waals surface area contributed by atoms with Crippen LogP contribution in [0.5, 0.6) is 0 Å². The number of pyridine rings is 1. The van der Waals surface area contributed by atoms with Crippen LogP contribution in [0.4, 0.5) is 0 Å². The Balaban J connectivity index is 1.03. The maximum atomic E-state index is 13.1. The average molecular weight is 675 g/mol. The zero-order valence-corrected chi connectivity index (χ0v) is 27.9. The Labute approximate surface area is 289 Å². The van der Waals surface area contributed by atoms with Gasteiger partial charge in [-0.15, -0.1) is 0 Å². The van der Waals surface area contributed by atoms with Gasteiger partial charge < -0.3 is 19.9 Å². The molecule has 0 bridgehead atoms. The molecule has 2 N–H and O–H groups in total. The largest absolute Gasteiger partial charge is 0.364 e. The number of para-hydroxylation sites is 1. The summed E-state index contributed by atoms with van der Waals surface area (Å²) in [6.45, 7) is 0.886. The van der Waals surface area contributed by atoms with Crippen LogP contribution >= 0.6 is 0 Å². The van der Waals surface area contributed by atoms with Crippen LogP contribution in [0.15, 0.2) is 85.1 Å². The van der Waals surface area contributed by atoms with Crippen LogP contribution in [-0.4, -0.2) is 76.2 Å². The van der Waals surface area contributed by atoms with Crippen molar-refractivity contribution in [2.24, 2.45) is 0 Å². The Morgan fingerprint density at radius 1 is 0.960 bits per heavy atom. The molecule has 0 radical (unpaired) electrons. The lowest BCUT2D eigenvalue weighted by molar-refractivity contribution is -0.158. The van der Waals surface area contributed by atoms with Crippen molar-refractivity contribution in [2.75, 3.05) is 20.9 Å². The fourth-order valence-electron chi connectivity index (χ4n) is 6.37. The highest BCUT2D eigenvalue weighted by atomic mass is 16.5. The summed E-state index contributed by atoms with van der Waals surface area (Å²) in [5.41, 5.74) is 4.90. The third-order valence-corrected chi connectivity index (χ3v) is 9.02. The lowest BCUT2D eigenvalue weighted by Crippen LogP contribution is -2.53. The van der Waals surface area contributed by atoms with E-state index in [-0.39, 0.29) is 56.4 Å². The third-order valence-electron chi connectivity index (χ3n) is 9.02. The monoisotopic (exact) mass is 674 g/mol. The van der Waals surface area contributed by atoms with Gasteiger partial charge in [-0.1, -0.05) is 48.5 Å². The van der Waals surface area contributed by atoms with Gasteiger partial charge in [-0.3, -0.25) is 33.8 Å². The zero-order valence-electron chi connectivity index (χ0n) is 27.9. The number of rotatable bonds is 13. The summed E-state index contributed by atoms with van der Waals surface area (Å²) < 4.78 is 6.95.